The van der Waals surface area contributed by atoms with E-state index in [0.717, 1.165) is 23.5 Å². The number of anilines is 1. The van der Waals surface area contributed by atoms with E-state index in [9.17, 15) is 4.79 Å². The predicted molar refractivity (Wildman–Crippen MR) is 98.1 cm³/mol. The van der Waals surface area contributed by atoms with E-state index in [1.807, 2.05) is 47.4 Å². The molecule has 6 nitrogen and oxygen atoms in total. The fraction of sp³-hybridized carbons (Fsp3) is 0.333. The van der Waals surface area contributed by atoms with Crippen LogP contribution in [0.2, 0.25) is 0 Å². The lowest BCUT2D eigenvalue weighted by atomic mass is 10.1. The summed E-state index contributed by atoms with van der Waals surface area (Å²) in [5, 5.41) is 9.03. The Balaban J connectivity index is 1.55. The molecule has 25 heavy (non-hydrogen) atoms. The van der Waals surface area contributed by atoms with Crippen LogP contribution in [0.5, 0.6) is 0 Å². The van der Waals surface area contributed by atoms with Gasteiger partial charge in [-0.15, -0.1) is 10.2 Å². The van der Waals surface area contributed by atoms with E-state index >= 15 is 0 Å². The van der Waals surface area contributed by atoms with Crippen molar-refractivity contribution < 1.29 is 4.79 Å². The summed E-state index contributed by atoms with van der Waals surface area (Å²) < 4.78 is 1.90. The summed E-state index contributed by atoms with van der Waals surface area (Å²) in [5.41, 5.74) is 4.19. The maximum atomic E-state index is 12.8. The number of aromatic nitrogens is 4. The first-order chi connectivity index (χ1) is 12.0. The molecule has 3 aromatic rings. The number of thioether (sulfide) groups is 1. The van der Waals surface area contributed by atoms with Gasteiger partial charge in [-0.1, -0.05) is 30.0 Å². The zero-order valence-electron chi connectivity index (χ0n) is 14.4. The summed E-state index contributed by atoms with van der Waals surface area (Å²) in [7, 11) is 0. The number of aryl methyl sites for hydroxylation is 2. The Bertz CT molecular complexity index is 967. The van der Waals surface area contributed by atoms with E-state index in [1.54, 1.807) is 0 Å². The van der Waals surface area contributed by atoms with E-state index < -0.39 is 0 Å². The molecule has 0 aliphatic carbocycles. The van der Waals surface area contributed by atoms with E-state index in [0.29, 0.717) is 16.7 Å². The van der Waals surface area contributed by atoms with Crippen LogP contribution in [-0.4, -0.2) is 37.3 Å². The third-order valence-corrected chi connectivity index (χ3v) is 5.38. The van der Waals surface area contributed by atoms with Gasteiger partial charge in [0, 0.05) is 23.1 Å². The smallest absolute Gasteiger partial charge is 0.256 e. The number of carbonyl (C=O) groups is 1. The third-order valence-electron chi connectivity index (χ3n) is 4.46. The first-order valence-electron chi connectivity index (χ1n) is 8.26. The molecule has 0 bridgehead atoms. The molecular weight excluding hydrogens is 334 g/mol. The Labute approximate surface area is 150 Å². The predicted octanol–water partition coefficient (Wildman–Crippen LogP) is 2.81. The summed E-state index contributed by atoms with van der Waals surface area (Å²) in [5.74, 6) is 0.997. The molecule has 0 radical (unpaired) electrons. The summed E-state index contributed by atoms with van der Waals surface area (Å²) in [6.45, 7) is 6.02. The van der Waals surface area contributed by atoms with Crippen molar-refractivity contribution in [1.29, 1.82) is 0 Å². The van der Waals surface area contributed by atoms with Gasteiger partial charge in [0.05, 0.1) is 5.75 Å². The van der Waals surface area contributed by atoms with E-state index in [-0.39, 0.29) is 11.9 Å². The second-order valence-corrected chi connectivity index (χ2v) is 7.33. The summed E-state index contributed by atoms with van der Waals surface area (Å²) in [6, 6.07) is 10.3. The molecule has 3 heterocycles. The largest absolute Gasteiger partial charge is 0.308 e. The number of benzene rings is 1. The van der Waals surface area contributed by atoms with Crippen LogP contribution >= 0.6 is 11.8 Å². The Morgan fingerprint density at radius 3 is 2.92 bits per heavy atom. The molecule has 0 N–H and O–H groups in total. The SMILES string of the molecule is Cc1cc(C)n2c(SCC(=O)N3c4ccccc4CC3C)nnc2n1. The topological polar surface area (TPSA) is 63.4 Å². The highest BCUT2D eigenvalue weighted by atomic mass is 32.2. The highest BCUT2D eigenvalue weighted by molar-refractivity contribution is 7.99. The van der Waals surface area contributed by atoms with Crippen LogP contribution in [0, 0.1) is 13.8 Å². The molecule has 1 unspecified atom stereocenters. The third kappa shape index (κ3) is 2.78. The second kappa shape index (κ2) is 6.15. The molecule has 128 valence electrons. The van der Waals surface area contributed by atoms with Crippen LogP contribution in [0.15, 0.2) is 35.5 Å². The van der Waals surface area contributed by atoms with Crippen molar-refractivity contribution in [3.8, 4) is 0 Å². The number of amides is 1. The van der Waals surface area contributed by atoms with Gasteiger partial charge in [0.2, 0.25) is 5.91 Å². The van der Waals surface area contributed by atoms with Crippen LogP contribution in [0.3, 0.4) is 0 Å². The molecular formula is C18H19N5OS. The lowest BCUT2D eigenvalue weighted by Crippen LogP contribution is -2.37. The molecule has 7 heteroatoms. The van der Waals surface area contributed by atoms with Crippen molar-refractivity contribution in [2.24, 2.45) is 0 Å². The molecule has 1 aliphatic heterocycles. The first-order valence-corrected chi connectivity index (χ1v) is 9.25. The number of nitrogens with zero attached hydrogens (tertiary/aromatic N) is 5. The van der Waals surface area contributed by atoms with Gasteiger partial charge < -0.3 is 4.90 Å². The molecule has 1 aromatic carbocycles. The molecule has 4 rings (SSSR count). The van der Waals surface area contributed by atoms with Crippen molar-refractivity contribution in [2.45, 2.75) is 38.4 Å². The maximum absolute atomic E-state index is 12.8. The van der Waals surface area contributed by atoms with Crippen LogP contribution in [0.25, 0.3) is 5.78 Å². The maximum Gasteiger partial charge on any atom is 0.256 e. The lowest BCUT2D eigenvalue weighted by molar-refractivity contribution is -0.116. The Kier molecular flexibility index (Phi) is 3.95. The van der Waals surface area contributed by atoms with Crippen molar-refractivity contribution in [3.05, 3.63) is 47.3 Å². The average Bonchev–Trinajstić information content (AvgIpc) is 3.12. The lowest BCUT2D eigenvalue weighted by Gasteiger charge is -2.22. The van der Waals surface area contributed by atoms with Crippen molar-refractivity contribution >= 4 is 29.1 Å². The van der Waals surface area contributed by atoms with E-state index in [1.165, 1.54) is 17.3 Å². The number of hydrogen-bond acceptors (Lipinski definition) is 5. The molecule has 0 saturated heterocycles. The average molecular weight is 353 g/mol. The van der Waals surface area contributed by atoms with Crippen LogP contribution in [0.4, 0.5) is 5.69 Å². The molecule has 0 saturated carbocycles. The first kappa shape index (κ1) is 16.1. The van der Waals surface area contributed by atoms with Gasteiger partial charge in [0.15, 0.2) is 5.16 Å². The van der Waals surface area contributed by atoms with E-state index in [2.05, 4.69) is 28.2 Å². The van der Waals surface area contributed by atoms with Crippen LogP contribution in [-0.2, 0) is 11.2 Å². The number of carbonyl (C=O) groups excluding carboxylic acids is 1. The molecule has 1 aliphatic rings. The number of fused-ring (bicyclic) bond motifs is 2. The van der Waals surface area contributed by atoms with Crippen molar-refractivity contribution in [1.82, 2.24) is 19.6 Å². The minimum Gasteiger partial charge on any atom is -0.308 e. The zero-order valence-corrected chi connectivity index (χ0v) is 15.2. The number of hydrogen-bond donors (Lipinski definition) is 0. The van der Waals surface area contributed by atoms with E-state index in [4.69, 9.17) is 0 Å². The molecule has 1 atom stereocenters. The Hall–Kier alpha value is -2.41. The fourth-order valence-corrected chi connectivity index (χ4v) is 4.28. The van der Waals surface area contributed by atoms with Crippen LogP contribution in [0.1, 0.15) is 23.9 Å². The van der Waals surface area contributed by atoms with Crippen molar-refractivity contribution in [2.75, 3.05) is 10.7 Å². The van der Waals surface area contributed by atoms with Gasteiger partial charge in [-0.05, 0) is 44.9 Å². The monoisotopic (exact) mass is 353 g/mol. The summed E-state index contributed by atoms with van der Waals surface area (Å²) in [6.07, 6.45) is 0.906. The normalized spacial score (nSPS) is 16.4. The van der Waals surface area contributed by atoms with Gasteiger partial charge >= 0.3 is 0 Å². The van der Waals surface area contributed by atoms with Crippen LogP contribution < -0.4 is 4.90 Å². The number of para-hydroxylation sites is 1. The van der Waals surface area contributed by atoms with Gasteiger partial charge in [-0.25, -0.2) is 4.98 Å². The Morgan fingerprint density at radius 2 is 2.08 bits per heavy atom. The second-order valence-electron chi connectivity index (χ2n) is 6.39. The zero-order chi connectivity index (χ0) is 17.6. The van der Waals surface area contributed by atoms with Gasteiger partial charge in [0.1, 0.15) is 0 Å². The Morgan fingerprint density at radius 1 is 1.28 bits per heavy atom. The summed E-state index contributed by atoms with van der Waals surface area (Å²) in [4.78, 5) is 19.1. The molecule has 1 amide bonds. The fourth-order valence-electron chi connectivity index (χ4n) is 3.44. The van der Waals surface area contributed by atoms with Crippen molar-refractivity contribution in [3.63, 3.8) is 0 Å². The summed E-state index contributed by atoms with van der Waals surface area (Å²) >= 11 is 1.41. The minimum atomic E-state index is 0.0944. The van der Waals surface area contributed by atoms with Gasteiger partial charge in [-0.2, -0.15) is 0 Å². The standard InChI is InChI=1S/C18H19N5OS/c1-11-8-12(2)23-17(19-11)20-21-18(23)25-10-16(24)22-13(3)9-14-6-4-5-7-15(14)22/h4-8,13H,9-10H2,1-3H3. The highest BCUT2D eigenvalue weighted by Crippen LogP contribution is 2.32. The molecule has 0 spiro atoms. The van der Waals surface area contributed by atoms with Gasteiger partial charge in [0.25, 0.3) is 5.78 Å². The highest BCUT2D eigenvalue weighted by Gasteiger charge is 2.30. The number of rotatable bonds is 3. The minimum absolute atomic E-state index is 0.0944. The molecule has 0 fully saturated rings. The quantitative estimate of drug-likeness (QED) is 0.678. The molecule has 2 aromatic heterocycles. The van der Waals surface area contributed by atoms with Gasteiger partial charge in [-0.3, -0.25) is 9.20 Å².